The van der Waals surface area contributed by atoms with Gasteiger partial charge < -0.3 is 33.3 Å². The minimum absolute atomic E-state index is 0.0464. The minimum Gasteiger partial charge on any atom is -0.394 e. The van der Waals surface area contributed by atoms with Gasteiger partial charge in [-0.2, -0.15) is 0 Å². The van der Waals surface area contributed by atoms with Crippen LogP contribution >= 0.6 is 0 Å². The fraction of sp³-hybridized carbons (Fsp3) is 1.00. The van der Waals surface area contributed by atoms with Crippen LogP contribution in [0.15, 0.2) is 0 Å². The molecule has 0 heterocycles. The van der Waals surface area contributed by atoms with Crippen LogP contribution in [0.3, 0.4) is 0 Å². The standard InChI is InChI=1S/C26H56NO6/c1-4-5-6-7-8-9-10-11-12-13-14-27(2,3)15-17-29-19-21-31-23-25-33-26-24-32-22-20-30-18-16-28/h28H,4-26H2,1-3H3/q+1. The zero-order chi connectivity index (χ0) is 24.3. The van der Waals surface area contributed by atoms with Crippen LogP contribution in [0.1, 0.15) is 71.1 Å². The Kier molecular flexibility index (Phi) is 26.1. The number of quaternary nitrogens is 1. The van der Waals surface area contributed by atoms with E-state index in [0.29, 0.717) is 59.5 Å². The lowest BCUT2D eigenvalue weighted by Crippen LogP contribution is -2.43. The van der Waals surface area contributed by atoms with Gasteiger partial charge in [-0.1, -0.05) is 58.3 Å². The van der Waals surface area contributed by atoms with Gasteiger partial charge in [0.25, 0.3) is 0 Å². The van der Waals surface area contributed by atoms with Crippen molar-refractivity contribution in [3.8, 4) is 0 Å². The summed E-state index contributed by atoms with van der Waals surface area (Å²) >= 11 is 0. The molecule has 0 aliphatic rings. The molecule has 0 fully saturated rings. The maximum atomic E-state index is 8.57. The summed E-state index contributed by atoms with van der Waals surface area (Å²) in [4.78, 5) is 0. The van der Waals surface area contributed by atoms with Crippen molar-refractivity contribution in [1.82, 2.24) is 0 Å². The number of aliphatic hydroxyl groups excluding tert-OH is 1. The van der Waals surface area contributed by atoms with E-state index in [9.17, 15) is 0 Å². The molecule has 0 radical (unpaired) electrons. The highest BCUT2D eigenvalue weighted by Gasteiger charge is 2.13. The smallest absolute Gasteiger partial charge is 0.102 e. The van der Waals surface area contributed by atoms with Crippen LogP contribution < -0.4 is 0 Å². The first-order valence-corrected chi connectivity index (χ1v) is 13.4. The van der Waals surface area contributed by atoms with E-state index in [4.69, 9.17) is 28.8 Å². The second-order valence-corrected chi connectivity index (χ2v) is 9.35. The monoisotopic (exact) mass is 478 g/mol. The number of rotatable bonds is 28. The molecule has 0 aliphatic carbocycles. The quantitative estimate of drug-likeness (QED) is 0.135. The molecular weight excluding hydrogens is 422 g/mol. The van der Waals surface area contributed by atoms with Gasteiger partial charge in [0.1, 0.15) is 6.54 Å². The summed E-state index contributed by atoms with van der Waals surface area (Å²) in [5.41, 5.74) is 0. The van der Waals surface area contributed by atoms with E-state index >= 15 is 0 Å². The van der Waals surface area contributed by atoms with Crippen molar-refractivity contribution in [2.75, 3.05) is 99.9 Å². The molecular formula is C26H56NO6+. The third-order valence-corrected chi connectivity index (χ3v) is 5.68. The van der Waals surface area contributed by atoms with E-state index in [1.165, 1.54) is 70.8 Å². The molecule has 0 saturated carbocycles. The number of aliphatic hydroxyl groups is 1. The molecule has 0 amide bonds. The second-order valence-electron chi connectivity index (χ2n) is 9.35. The summed E-state index contributed by atoms with van der Waals surface area (Å²) in [6.07, 6.45) is 13.9. The summed E-state index contributed by atoms with van der Waals surface area (Å²) in [6, 6.07) is 0. The summed E-state index contributed by atoms with van der Waals surface area (Å²) in [7, 11) is 4.60. The Bertz CT molecular complexity index is 371. The molecule has 0 aromatic carbocycles. The first-order chi connectivity index (χ1) is 16.1. The van der Waals surface area contributed by atoms with Crippen LogP contribution in [0.2, 0.25) is 0 Å². The molecule has 0 aromatic heterocycles. The SMILES string of the molecule is CCCCCCCCCCCC[N+](C)(C)CCOCCOCCOCCOCCOCCO. The molecule has 0 aromatic rings. The fourth-order valence-corrected chi connectivity index (χ4v) is 3.50. The van der Waals surface area contributed by atoms with Crippen LogP contribution in [-0.4, -0.2) is 109 Å². The van der Waals surface area contributed by atoms with Gasteiger partial charge in [0.2, 0.25) is 0 Å². The Morgan fingerprint density at radius 3 is 1.24 bits per heavy atom. The van der Waals surface area contributed by atoms with Gasteiger partial charge in [-0.25, -0.2) is 0 Å². The molecule has 0 aliphatic heterocycles. The number of ether oxygens (including phenoxy) is 5. The van der Waals surface area contributed by atoms with Crippen molar-refractivity contribution >= 4 is 0 Å². The third-order valence-electron chi connectivity index (χ3n) is 5.68. The molecule has 0 atom stereocenters. The van der Waals surface area contributed by atoms with Crippen molar-refractivity contribution < 1.29 is 33.3 Å². The average Bonchev–Trinajstić information content (AvgIpc) is 2.80. The molecule has 0 unspecified atom stereocenters. The van der Waals surface area contributed by atoms with Gasteiger partial charge >= 0.3 is 0 Å². The Morgan fingerprint density at radius 2 is 0.818 bits per heavy atom. The van der Waals surface area contributed by atoms with Gasteiger partial charge in [-0.05, 0) is 12.8 Å². The first-order valence-electron chi connectivity index (χ1n) is 13.4. The highest BCUT2D eigenvalue weighted by molar-refractivity contribution is 4.48. The zero-order valence-corrected chi connectivity index (χ0v) is 22.2. The molecule has 7 heteroatoms. The van der Waals surface area contributed by atoms with Crippen molar-refractivity contribution in [2.45, 2.75) is 71.1 Å². The Balaban J connectivity index is 3.27. The molecule has 200 valence electrons. The average molecular weight is 479 g/mol. The number of nitrogens with zero attached hydrogens (tertiary/aromatic N) is 1. The second kappa shape index (κ2) is 26.3. The molecule has 7 nitrogen and oxygen atoms in total. The predicted octanol–water partition coefficient (Wildman–Crippen LogP) is 4.06. The van der Waals surface area contributed by atoms with E-state index in [2.05, 4.69) is 21.0 Å². The number of hydrogen-bond acceptors (Lipinski definition) is 6. The largest absolute Gasteiger partial charge is 0.394 e. The lowest BCUT2D eigenvalue weighted by molar-refractivity contribution is -0.891. The molecule has 33 heavy (non-hydrogen) atoms. The Labute approximate surface area is 204 Å². The zero-order valence-electron chi connectivity index (χ0n) is 22.2. The van der Waals surface area contributed by atoms with Crippen molar-refractivity contribution in [3.63, 3.8) is 0 Å². The maximum absolute atomic E-state index is 8.57. The highest BCUT2D eigenvalue weighted by atomic mass is 16.6. The van der Waals surface area contributed by atoms with Crippen LogP contribution in [-0.2, 0) is 23.7 Å². The highest BCUT2D eigenvalue weighted by Crippen LogP contribution is 2.11. The van der Waals surface area contributed by atoms with Crippen molar-refractivity contribution in [1.29, 1.82) is 0 Å². The van der Waals surface area contributed by atoms with E-state index in [-0.39, 0.29) is 6.61 Å². The van der Waals surface area contributed by atoms with Crippen molar-refractivity contribution in [3.05, 3.63) is 0 Å². The number of likely N-dealkylation sites (N-methyl/N-ethyl adjacent to an activating group) is 1. The van der Waals surface area contributed by atoms with Gasteiger partial charge in [0.05, 0.1) is 93.3 Å². The lowest BCUT2D eigenvalue weighted by Gasteiger charge is -2.29. The van der Waals surface area contributed by atoms with E-state index in [1.54, 1.807) is 0 Å². The summed E-state index contributed by atoms with van der Waals surface area (Å²) in [5.74, 6) is 0. The van der Waals surface area contributed by atoms with Crippen LogP contribution in [0.25, 0.3) is 0 Å². The van der Waals surface area contributed by atoms with Gasteiger partial charge in [0, 0.05) is 0 Å². The predicted molar refractivity (Wildman–Crippen MR) is 135 cm³/mol. The molecule has 0 bridgehead atoms. The molecule has 0 rings (SSSR count). The summed E-state index contributed by atoms with van der Waals surface area (Å²) in [5, 5.41) is 8.57. The van der Waals surface area contributed by atoms with E-state index < -0.39 is 0 Å². The van der Waals surface area contributed by atoms with Gasteiger partial charge in [-0.15, -0.1) is 0 Å². The fourth-order valence-electron chi connectivity index (χ4n) is 3.50. The van der Waals surface area contributed by atoms with Crippen LogP contribution in [0, 0.1) is 0 Å². The number of unbranched alkanes of at least 4 members (excludes halogenated alkanes) is 9. The third kappa shape index (κ3) is 27.8. The normalized spacial score (nSPS) is 12.0. The van der Waals surface area contributed by atoms with E-state index in [1.807, 2.05) is 0 Å². The van der Waals surface area contributed by atoms with Gasteiger partial charge in [-0.3, -0.25) is 0 Å². The van der Waals surface area contributed by atoms with Crippen molar-refractivity contribution in [2.24, 2.45) is 0 Å². The number of hydrogen-bond donors (Lipinski definition) is 1. The Morgan fingerprint density at radius 1 is 0.455 bits per heavy atom. The first kappa shape index (κ1) is 32.7. The molecule has 1 N–H and O–H groups in total. The maximum Gasteiger partial charge on any atom is 0.102 e. The summed E-state index contributed by atoms with van der Waals surface area (Å²) in [6.45, 7) is 10.2. The molecule has 0 saturated heterocycles. The Hall–Kier alpha value is -0.280. The van der Waals surface area contributed by atoms with Gasteiger partial charge in [0.15, 0.2) is 0 Å². The van der Waals surface area contributed by atoms with E-state index in [0.717, 1.165) is 17.6 Å². The molecule has 0 spiro atoms. The topological polar surface area (TPSA) is 66.4 Å². The minimum atomic E-state index is 0.0464. The summed E-state index contributed by atoms with van der Waals surface area (Å²) < 4.78 is 28.2. The lowest BCUT2D eigenvalue weighted by atomic mass is 10.1. The van der Waals surface area contributed by atoms with Crippen LogP contribution in [0.4, 0.5) is 0 Å². The van der Waals surface area contributed by atoms with Crippen LogP contribution in [0.5, 0.6) is 0 Å².